The zero-order valence-corrected chi connectivity index (χ0v) is 20.5. The maximum atomic E-state index is 5.88. The van der Waals surface area contributed by atoms with Gasteiger partial charge in [-0.3, -0.25) is 9.67 Å². The van der Waals surface area contributed by atoms with E-state index in [1.165, 1.54) is 11.1 Å². The Kier molecular flexibility index (Phi) is 8.36. The molecule has 0 bridgehead atoms. The van der Waals surface area contributed by atoms with Gasteiger partial charge in [-0.15, -0.1) is 24.0 Å². The lowest BCUT2D eigenvalue weighted by atomic mass is 9.87. The summed E-state index contributed by atoms with van der Waals surface area (Å²) in [7, 11) is 3.80. The van der Waals surface area contributed by atoms with Gasteiger partial charge in [-0.2, -0.15) is 5.10 Å². The third kappa shape index (κ3) is 6.35. The van der Waals surface area contributed by atoms with Gasteiger partial charge in [0.2, 0.25) is 0 Å². The number of aryl methyl sites for hydroxylation is 1. The number of benzene rings is 1. The fourth-order valence-corrected chi connectivity index (χ4v) is 3.59. The molecular formula is C22H34IN5O. The average Bonchev–Trinajstić information content (AvgIpc) is 3.30. The van der Waals surface area contributed by atoms with E-state index in [9.17, 15) is 0 Å². The summed E-state index contributed by atoms with van der Waals surface area (Å²) in [6, 6.07) is 8.39. The molecular weight excluding hydrogens is 477 g/mol. The number of nitrogens with zero attached hydrogens (tertiary/aromatic N) is 4. The molecule has 0 amide bonds. The van der Waals surface area contributed by atoms with E-state index in [-0.39, 0.29) is 29.4 Å². The first-order valence-corrected chi connectivity index (χ1v) is 10.0. The van der Waals surface area contributed by atoms with Crippen molar-refractivity contribution in [2.24, 2.45) is 12.0 Å². The SMILES string of the molecule is CN=C(NCCOc1ccc(C(C)(C)C)cc1)N1CCC(c2cnn(C)c2)C1.I. The molecule has 1 unspecified atom stereocenters. The van der Waals surface area contributed by atoms with Crippen LogP contribution in [0.3, 0.4) is 0 Å². The van der Waals surface area contributed by atoms with E-state index in [1.807, 2.05) is 37.1 Å². The summed E-state index contributed by atoms with van der Waals surface area (Å²) in [5.41, 5.74) is 2.79. The van der Waals surface area contributed by atoms with E-state index in [0.717, 1.165) is 37.8 Å². The Hall–Kier alpha value is -1.77. The minimum absolute atomic E-state index is 0. The first kappa shape index (κ1) is 23.5. The number of hydrogen-bond donors (Lipinski definition) is 1. The van der Waals surface area contributed by atoms with Gasteiger partial charge in [0.1, 0.15) is 12.4 Å². The Morgan fingerprint density at radius 1 is 1.28 bits per heavy atom. The second-order valence-corrected chi connectivity index (χ2v) is 8.48. The predicted molar refractivity (Wildman–Crippen MR) is 130 cm³/mol. The quantitative estimate of drug-likeness (QED) is 0.288. The average molecular weight is 511 g/mol. The predicted octanol–water partition coefficient (Wildman–Crippen LogP) is 3.78. The van der Waals surface area contributed by atoms with Crippen LogP contribution in [0, 0.1) is 0 Å². The number of guanidine groups is 1. The van der Waals surface area contributed by atoms with Gasteiger partial charge in [0, 0.05) is 39.3 Å². The van der Waals surface area contributed by atoms with Crippen LogP contribution in [0.4, 0.5) is 0 Å². The Morgan fingerprint density at radius 3 is 2.59 bits per heavy atom. The van der Waals surface area contributed by atoms with Crippen molar-refractivity contribution in [2.75, 3.05) is 33.3 Å². The van der Waals surface area contributed by atoms with E-state index in [0.29, 0.717) is 12.5 Å². The van der Waals surface area contributed by atoms with Crippen LogP contribution in [0.15, 0.2) is 41.7 Å². The van der Waals surface area contributed by atoms with Crippen molar-refractivity contribution in [3.63, 3.8) is 0 Å². The van der Waals surface area contributed by atoms with Crippen LogP contribution in [0.2, 0.25) is 0 Å². The zero-order chi connectivity index (χ0) is 20.1. The van der Waals surface area contributed by atoms with E-state index in [4.69, 9.17) is 4.74 Å². The van der Waals surface area contributed by atoms with Crippen molar-refractivity contribution in [3.05, 3.63) is 47.8 Å². The fourth-order valence-electron chi connectivity index (χ4n) is 3.59. The lowest BCUT2D eigenvalue weighted by molar-refractivity contribution is 0.319. The van der Waals surface area contributed by atoms with Gasteiger partial charge in [-0.1, -0.05) is 32.9 Å². The Morgan fingerprint density at radius 2 is 2.00 bits per heavy atom. The summed E-state index contributed by atoms with van der Waals surface area (Å²) in [6.07, 6.45) is 5.22. The molecule has 2 heterocycles. The zero-order valence-electron chi connectivity index (χ0n) is 18.2. The van der Waals surface area contributed by atoms with Crippen LogP contribution in [-0.4, -0.2) is 53.9 Å². The number of aliphatic imine (C=N–C) groups is 1. The number of ether oxygens (including phenoxy) is 1. The maximum absolute atomic E-state index is 5.88. The van der Waals surface area contributed by atoms with Crippen LogP contribution in [-0.2, 0) is 12.5 Å². The van der Waals surface area contributed by atoms with Gasteiger partial charge in [0.25, 0.3) is 0 Å². The third-order valence-corrected chi connectivity index (χ3v) is 5.27. The monoisotopic (exact) mass is 511 g/mol. The van der Waals surface area contributed by atoms with E-state index in [2.05, 4.69) is 59.4 Å². The van der Waals surface area contributed by atoms with Crippen molar-refractivity contribution in [3.8, 4) is 5.75 Å². The van der Waals surface area contributed by atoms with Crippen molar-refractivity contribution in [2.45, 2.75) is 38.5 Å². The largest absolute Gasteiger partial charge is 0.492 e. The summed E-state index contributed by atoms with van der Waals surface area (Å²) >= 11 is 0. The molecule has 1 aromatic heterocycles. The van der Waals surface area contributed by atoms with Crippen LogP contribution in [0.1, 0.15) is 44.2 Å². The van der Waals surface area contributed by atoms with Crippen LogP contribution in [0.25, 0.3) is 0 Å². The summed E-state index contributed by atoms with van der Waals surface area (Å²) in [4.78, 5) is 6.76. The fraction of sp³-hybridized carbons (Fsp3) is 0.545. The third-order valence-electron chi connectivity index (χ3n) is 5.27. The highest BCUT2D eigenvalue weighted by Crippen LogP contribution is 2.27. The van der Waals surface area contributed by atoms with Crippen LogP contribution in [0.5, 0.6) is 5.75 Å². The molecule has 29 heavy (non-hydrogen) atoms. The molecule has 0 saturated carbocycles. The number of hydrogen-bond acceptors (Lipinski definition) is 3. The van der Waals surface area contributed by atoms with Crippen molar-refractivity contribution >= 4 is 29.9 Å². The van der Waals surface area contributed by atoms with E-state index >= 15 is 0 Å². The molecule has 1 aromatic carbocycles. The van der Waals surface area contributed by atoms with Crippen molar-refractivity contribution < 1.29 is 4.74 Å². The normalized spacial score (nSPS) is 17.2. The van der Waals surface area contributed by atoms with Crippen molar-refractivity contribution in [1.82, 2.24) is 20.0 Å². The number of rotatable bonds is 5. The molecule has 6 nitrogen and oxygen atoms in total. The molecule has 0 spiro atoms. The Bertz CT molecular complexity index is 794. The molecule has 1 atom stereocenters. The van der Waals surface area contributed by atoms with Gasteiger partial charge in [-0.25, -0.2) is 0 Å². The molecule has 3 rings (SSSR count). The van der Waals surface area contributed by atoms with Gasteiger partial charge < -0.3 is 15.0 Å². The maximum Gasteiger partial charge on any atom is 0.193 e. The lowest BCUT2D eigenvalue weighted by Crippen LogP contribution is -2.41. The number of nitrogens with one attached hydrogen (secondary N) is 1. The Labute approximate surface area is 191 Å². The van der Waals surface area contributed by atoms with Crippen molar-refractivity contribution in [1.29, 1.82) is 0 Å². The molecule has 160 valence electrons. The molecule has 2 aromatic rings. The highest BCUT2D eigenvalue weighted by atomic mass is 127. The molecule has 1 saturated heterocycles. The standard InChI is InChI=1S/C22H33N5O.HI/c1-22(2,3)19-6-8-20(9-7-19)28-13-11-24-21(23-4)27-12-10-17(16-27)18-14-25-26(5)15-18;/h6-9,14-15,17H,10-13,16H2,1-5H3,(H,23,24);1H. The first-order valence-electron chi connectivity index (χ1n) is 10.0. The molecule has 0 aliphatic carbocycles. The van der Waals surface area contributed by atoms with Gasteiger partial charge in [-0.05, 0) is 35.1 Å². The van der Waals surface area contributed by atoms with Gasteiger partial charge >= 0.3 is 0 Å². The van der Waals surface area contributed by atoms with Crippen LogP contribution < -0.4 is 10.1 Å². The molecule has 1 aliphatic rings. The molecule has 7 heteroatoms. The highest BCUT2D eigenvalue weighted by molar-refractivity contribution is 14.0. The van der Waals surface area contributed by atoms with E-state index in [1.54, 1.807) is 0 Å². The topological polar surface area (TPSA) is 54.7 Å². The number of likely N-dealkylation sites (tertiary alicyclic amines) is 1. The minimum atomic E-state index is 0. The second kappa shape index (κ2) is 10.3. The molecule has 1 aliphatic heterocycles. The molecule has 1 N–H and O–H groups in total. The second-order valence-electron chi connectivity index (χ2n) is 8.48. The lowest BCUT2D eigenvalue weighted by Gasteiger charge is -2.22. The van der Waals surface area contributed by atoms with Gasteiger partial charge in [0.05, 0.1) is 12.7 Å². The molecule has 1 fully saturated rings. The summed E-state index contributed by atoms with van der Waals surface area (Å²) < 4.78 is 7.75. The highest BCUT2D eigenvalue weighted by Gasteiger charge is 2.26. The summed E-state index contributed by atoms with van der Waals surface area (Å²) in [5.74, 6) is 2.37. The summed E-state index contributed by atoms with van der Waals surface area (Å²) in [5, 5.41) is 7.72. The first-order chi connectivity index (χ1) is 13.4. The van der Waals surface area contributed by atoms with E-state index < -0.39 is 0 Å². The number of aromatic nitrogens is 2. The molecule has 0 radical (unpaired) electrons. The van der Waals surface area contributed by atoms with Crippen LogP contribution >= 0.6 is 24.0 Å². The summed E-state index contributed by atoms with van der Waals surface area (Å²) in [6.45, 7) is 9.96. The Balaban J connectivity index is 0.00000300. The minimum Gasteiger partial charge on any atom is -0.492 e. The van der Waals surface area contributed by atoms with Gasteiger partial charge in [0.15, 0.2) is 5.96 Å². The smallest absolute Gasteiger partial charge is 0.193 e. The number of halogens is 1.